The molecule has 1 saturated carbocycles. The van der Waals surface area contributed by atoms with Crippen molar-refractivity contribution < 1.29 is 0 Å². The average molecular weight is 243 g/mol. The lowest BCUT2D eigenvalue weighted by Gasteiger charge is -2.26. The molecule has 1 aromatic carbocycles. The van der Waals surface area contributed by atoms with Crippen LogP contribution in [0.1, 0.15) is 50.7 Å². The third-order valence-electron chi connectivity index (χ3n) is 4.44. The van der Waals surface area contributed by atoms with Crippen LogP contribution in [0.2, 0.25) is 0 Å². The second-order valence-electron chi connectivity index (χ2n) is 5.32. The van der Waals surface area contributed by atoms with Crippen LogP contribution in [0.3, 0.4) is 0 Å². The molecule has 1 aliphatic heterocycles. The van der Waals surface area contributed by atoms with Crippen LogP contribution in [0.15, 0.2) is 30.5 Å². The lowest BCUT2D eigenvalue weighted by molar-refractivity contribution is 0.537. The molecule has 0 bridgehead atoms. The molecule has 0 amide bonds. The number of fused-ring (bicyclic) bond motifs is 2. The second-order valence-corrected chi connectivity index (χ2v) is 5.32. The van der Waals surface area contributed by atoms with Gasteiger partial charge in [0.15, 0.2) is 0 Å². The van der Waals surface area contributed by atoms with Gasteiger partial charge in [-0.05, 0) is 31.4 Å². The van der Waals surface area contributed by atoms with Gasteiger partial charge in [0.05, 0.1) is 0 Å². The first-order chi connectivity index (χ1) is 8.65. The average Bonchev–Trinajstić information content (AvgIpc) is 2.95. The maximum absolute atomic E-state index is 4.34. The van der Waals surface area contributed by atoms with Crippen LogP contribution in [0.5, 0.6) is 0 Å². The predicted octanol–water partition coefficient (Wildman–Crippen LogP) is 4.80. The third-order valence-corrected chi connectivity index (χ3v) is 4.44. The molecule has 1 aliphatic carbocycles. The van der Waals surface area contributed by atoms with E-state index in [1.54, 1.807) is 0 Å². The molecule has 18 heavy (non-hydrogen) atoms. The fraction of sp³-hybridized carbons (Fsp3) is 0.529. The van der Waals surface area contributed by atoms with Gasteiger partial charge in [0.1, 0.15) is 0 Å². The third kappa shape index (κ3) is 1.68. The van der Waals surface area contributed by atoms with E-state index in [0.717, 1.165) is 0 Å². The Kier molecular flexibility index (Phi) is 3.52. The molecule has 0 unspecified atom stereocenters. The maximum Gasteiger partial charge on any atom is 0.0448 e. The summed E-state index contributed by atoms with van der Waals surface area (Å²) in [6.07, 6.45) is 5.26. The molecule has 1 fully saturated rings. The van der Waals surface area contributed by atoms with Crippen molar-refractivity contribution in [2.24, 2.45) is 0 Å². The van der Waals surface area contributed by atoms with Crippen molar-refractivity contribution in [2.75, 3.05) is 11.9 Å². The molecule has 1 heteroatoms. The molecule has 0 saturated heterocycles. The molecular weight excluding hydrogens is 218 g/mol. The van der Waals surface area contributed by atoms with E-state index in [4.69, 9.17) is 0 Å². The van der Waals surface area contributed by atoms with Gasteiger partial charge in [-0.1, -0.05) is 51.0 Å². The Balaban J connectivity index is 0.000000574. The maximum atomic E-state index is 4.34. The fourth-order valence-corrected chi connectivity index (χ4v) is 3.48. The van der Waals surface area contributed by atoms with Gasteiger partial charge in [0.25, 0.3) is 0 Å². The van der Waals surface area contributed by atoms with Crippen LogP contribution in [0.25, 0.3) is 0 Å². The monoisotopic (exact) mass is 243 g/mol. The first-order valence-electron chi connectivity index (χ1n) is 7.19. The van der Waals surface area contributed by atoms with Gasteiger partial charge < -0.3 is 4.90 Å². The van der Waals surface area contributed by atoms with Crippen molar-refractivity contribution in [2.45, 2.75) is 51.9 Å². The number of rotatable bonds is 0. The lowest BCUT2D eigenvalue weighted by atomic mass is 9.78. The lowest BCUT2D eigenvalue weighted by Crippen LogP contribution is -2.25. The fourth-order valence-electron chi connectivity index (χ4n) is 3.48. The zero-order valence-corrected chi connectivity index (χ0v) is 12.2. The summed E-state index contributed by atoms with van der Waals surface area (Å²) in [6, 6.07) is 6.83. The van der Waals surface area contributed by atoms with Crippen molar-refractivity contribution in [3.05, 3.63) is 41.6 Å². The Labute approximate surface area is 112 Å². The minimum atomic E-state index is 0.274. The van der Waals surface area contributed by atoms with E-state index in [9.17, 15) is 0 Å². The molecular formula is C17H25N. The Morgan fingerprint density at radius 3 is 2.39 bits per heavy atom. The topological polar surface area (TPSA) is 3.24 Å². The van der Waals surface area contributed by atoms with E-state index in [1.807, 2.05) is 13.8 Å². The van der Waals surface area contributed by atoms with Crippen molar-refractivity contribution >= 4 is 5.69 Å². The van der Waals surface area contributed by atoms with E-state index >= 15 is 0 Å². The highest BCUT2D eigenvalue weighted by Gasteiger charge is 2.46. The Morgan fingerprint density at radius 2 is 1.78 bits per heavy atom. The van der Waals surface area contributed by atoms with Gasteiger partial charge in [-0.15, -0.1) is 0 Å². The normalized spacial score (nSPS) is 19.8. The van der Waals surface area contributed by atoms with E-state index in [2.05, 4.69) is 43.6 Å². The minimum absolute atomic E-state index is 0.274. The van der Waals surface area contributed by atoms with E-state index in [-0.39, 0.29) is 5.41 Å². The summed E-state index contributed by atoms with van der Waals surface area (Å²) in [5, 5.41) is 0. The summed E-state index contributed by atoms with van der Waals surface area (Å²) < 4.78 is 0. The van der Waals surface area contributed by atoms with Crippen LogP contribution in [0.4, 0.5) is 5.69 Å². The standard InChI is InChI=1S/C15H19N.C2H6/c1-11-6-7-14-13(10-11)15(8-4-5-9-15)12(2)16(14)3;1-2/h6-7,10H,2,4-5,8-9H2,1,3H3;1-2H3. The number of nitrogens with zero attached hydrogens (tertiary/aromatic N) is 1. The van der Waals surface area contributed by atoms with Crippen LogP contribution in [-0.2, 0) is 5.41 Å². The molecule has 2 aliphatic rings. The zero-order chi connectivity index (χ0) is 13.3. The first-order valence-corrected chi connectivity index (χ1v) is 7.19. The predicted molar refractivity (Wildman–Crippen MR) is 80.2 cm³/mol. The molecule has 1 spiro atoms. The number of benzene rings is 1. The molecule has 0 N–H and O–H groups in total. The minimum Gasteiger partial charge on any atom is -0.348 e. The smallest absolute Gasteiger partial charge is 0.0448 e. The number of hydrogen-bond donors (Lipinski definition) is 0. The largest absolute Gasteiger partial charge is 0.348 e. The SMILES string of the molecule is C=C1N(C)c2ccc(C)cc2C12CCCC2.CC. The van der Waals surface area contributed by atoms with Crippen molar-refractivity contribution in [3.63, 3.8) is 0 Å². The molecule has 1 aromatic rings. The number of hydrogen-bond acceptors (Lipinski definition) is 1. The van der Waals surface area contributed by atoms with Crippen molar-refractivity contribution in [1.82, 2.24) is 0 Å². The molecule has 1 nitrogen and oxygen atoms in total. The van der Waals surface area contributed by atoms with Crippen molar-refractivity contribution in [1.29, 1.82) is 0 Å². The summed E-state index contributed by atoms with van der Waals surface area (Å²) in [5.41, 5.74) is 5.85. The van der Waals surface area contributed by atoms with E-state index in [1.165, 1.54) is 48.2 Å². The highest BCUT2D eigenvalue weighted by molar-refractivity contribution is 5.70. The highest BCUT2D eigenvalue weighted by atomic mass is 15.2. The van der Waals surface area contributed by atoms with Gasteiger partial charge in [-0.3, -0.25) is 0 Å². The molecule has 0 radical (unpaired) electrons. The molecule has 3 rings (SSSR count). The quantitative estimate of drug-likeness (QED) is 0.633. The van der Waals surface area contributed by atoms with Crippen molar-refractivity contribution in [3.8, 4) is 0 Å². The van der Waals surface area contributed by atoms with E-state index < -0.39 is 0 Å². The molecule has 0 aromatic heterocycles. The Hall–Kier alpha value is -1.24. The van der Waals surface area contributed by atoms with Gasteiger partial charge in [0.2, 0.25) is 0 Å². The van der Waals surface area contributed by atoms with Gasteiger partial charge in [-0.2, -0.15) is 0 Å². The number of allylic oxidation sites excluding steroid dienone is 1. The summed E-state index contributed by atoms with van der Waals surface area (Å²) in [6.45, 7) is 10.5. The van der Waals surface area contributed by atoms with Gasteiger partial charge in [0, 0.05) is 23.8 Å². The van der Waals surface area contributed by atoms with Crippen LogP contribution >= 0.6 is 0 Å². The van der Waals surface area contributed by atoms with E-state index in [0.29, 0.717) is 0 Å². The van der Waals surface area contributed by atoms with Crippen LogP contribution in [-0.4, -0.2) is 7.05 Å². The molecule has 98 valence electrons. The zero-order valence-electron chi connectivity index (χ0n) is 12.2. The Morgan fingerprint density at radius 1 is 1.17 bits per heavy atom. The number of anilines is 1. The van der Waals surface area contributed by atoms with Crippen LogP contribution in [0, 0.1) is 6.92 Å². The highest BCUT2D eigenvalue weighted by Crippen LogP contribution is 2.55. The van der Waals surface area contributed by atoms with Crippen LogP contribution < -0.4 is 4.90 Å². The number of likely N-dealkylation sites (N-methyl/N-ethyl adjacent to an activating group) is 1. The Bertz CT molecular complexity index is 453. The summed E-state index contributed by atoms with van der Waals surface area (Å²) in [4.78, 5) is 2.29. The number of aryl methyl sites for hydroxylation is 1. The molecule has 1 heterocycles. The van der Waals surface area contributed by atoms with Gasteiger partial charge >= 0.3 is 0 Å². The van der Waals surface area contributed by atoms with Gasteiger partial charge in [-0.25, -0.2) is 0 Å². The summed E-state index contributed by atoms with van der Waals surface area (Å²) in [7, 11) is 2.16. The second kappa shape index (κ2) is 4.79. The first kappa shape index (κ1) is 13.2. The molecule has 0 atom stereocenters. The summed E-state index contributed by atoms with van der Waals surface area (Å²) in [5.74, 6) is 0. The summed E-state index contributed by atoms with van der Waals surface area (Å²) >= 11 is 0.